The first-order chi connectivity index (χ1) is 9.80. The van der Waals surface area contributed by atoms with Crippen molar-refractivity contribution in [3.8, 4) is 0 Å². The molecule has 1 aromatic rings. The van der Waals surface area contributed by atoms with E-state index >= 15 is 0 Å². The van der Waals surface area contributed by atoms with Crippen molar-refractivity contribution in [1.29, 1.82) is 0 Å². The Morgan fingerprint density at radius 3 is 2.38 bits per heavy atom. The fraction of sp³-hybridized carbons (Fsp3) is 0.625. The summed E-state index contributed by atoms with van der Waals surface area (Å²) in [6, 6.07) is 8.00. The molecule has 4 nitrogen and oxygen atoms in total. The summed E-state index contributed by atoms with van der Waals surface area (Å²) in [5.74, 6) is 0.0875. The minimum Gasteiger partial charge on any atom is -0.382 e. The smallest absolute Gasteiger partial charge is 0.232 e. The van der Waals surface area contributed by atoms with Crippen molar-refractivity contribution in [2.75, 3.05) is 15.8 Å². The van der Waals surface area contributed by atoms with Crippen molar-refractivity contribution >= 4 is 21.4 Å². The second kappa shape index (κ2) is 6.26. The van der Waals surface area contributed by atoms with Crippen LogP contribution in [0.3, 0.4) is 0 Å². The Labute approximate surface area is 128 Å². The molecule has 2 N–H and O–H groups in total. The third-order valence-electron chi connectivity index (χ3n) is 4.11. The Morgan fingerprint density at radius 2 is 1.81 bits per heavy atom. The van der Waals surface area contributed by atoms with Crippen LogP contribution >= 0.6 is 0 Å². The predicted molar refractivity (Wildman–Crippen MR) is 89.2 cm³/mol. The van der Waals surface area contributed by atoms with Crippen molar-refractivity contribution < 1.29 is 8.42 Å². The number of anilines is 2. The van der Waals surface area contributed by atoms with Gasteiger partial charge in [-0.15, -0.1) is 0 Å². The fourth-order valence-electron chi connectivity index (χ4n) is 2.94. The van der Waals surface area contributed by atoms with Crippen molar-refractivity contribution in [2.24, 2.45) is 5.41 Å². The highest BCUT2D eigenvalue weighted by Crippen LogP contribution is 2.36. The number of nitrogens with one attached hydrogen (secondary N) is 2. The summed E-state index contributed by atoms with van der Waals surface area (Å²) in [6.07, 6.45) is 4.94. The molecule has 2 rings (SSSR count). The van der Waals surface area contributed by atoms with Gasteiger partial charge in [-0.3, -0.25) is 4.72 Å². The first kappa shape index (κ1) is 16.1. The lowest BCUT2D eigenvalue weighted by molar-refractivity contribution is 0.229. The fourth-order valence-corrected chi connectivity index (χ4v) is 3.58. The van der Waals surface area contributed by atoms with Gasteiger partial charge >= 0.3 is 0 Å². The molecule has 1 fully saturated rings. The van der Waals surface area contributed by atoms with E-state index in [1.807, 2.05) is 24.3 Å². The van der Waals surface area contributed by atoms with Crippen LogP contribution in [0.1, 0.15) is 46.5 Å². The minimum absolute atomic E-state index is 0.0875. The monoisotopic (exact) mass is 310 g/mol. The van der Waals surface area contributed by atoms with E-state index in [0.29, 0.717) is 17.1 Å². The van der Waals surface area contributed by atoms with E-state index in [-0.39, 0.29) is 5.75 Å². The van der Waals surface area contributed by atoms with E-state index < -0.39 is 10.0 Å². The predicted octanol–water partition coefficient (Wildman–Crippen LogP) is 3.83. The van der Waals surface area contributed by atoms with E-state index in [9.17, 15) is 8.42 Å². The van der Waals surface area contributed by atoms with Gasteiger partial charge in [0.1, 0.15) is 0 Å². The van der Waals surface area contributed by atoms with Crippen LogP contribution in [0.15, 0.2) is 24.3 Å². The minimum atomic E-state index is -3.20. The molecule has 0 aliphatic heterocycles. The second-order valence-corrected chi connectivity index (χ2v) is 8.70. The van der Waals surface area contributed by atoms with Crippen molar-refractivity contribution in [3.63, 3.8) is 0 Å². The summed E-state index contributed by atoms with van der Waals surface area (Å²) in [7, 11) is -3.20. The van der Waals surface area contributed by atoms with Gasteiger partial charge in [-0.1, -0.05) is 20.3 Å². The van der Waals surface area contributed by atoms with Gasteiger partial charge in [0.2, 0.25) is 10.0 Å². The van der Waals surface area contributed by atoms with E-state index in [2.05, 4.69) is 23.9 Å². The summed E-state index contributed by atoms with van der Waals surface area (Å²) in [4.78, 5) is 0. The molecule has 1 aromatic carbocycles. The van der Waals surface area contributed by atoms with Gasteiger partial charge in [-0.2, -0.15) is 0 Å². The third kappa shape index (κ3) is 4.92. The summed E-state index contributed by atoms with van der Waals surface area (Å²) in [5.41, 5.74) is 2.08. The molecule has 1 aliphatic carbocycles. The van der Waals surface area contributed by atoms with Crippen LogP contribution < -0.4 is 10.0 Å². The molecule has 1 unspecified atom stereocenters. The lowest BCUT2D eigenvalue weighted by Gasteiger charge is -2.36. The first-order valence-electron chi connectivity index (χ1n) is 7.67. The van der Waals surface area contributed by atoms with Gasteiger partial charge in [0.25, 0.3) is 0 Å². The van der Waals surface area contributed by atoms with Crippen LogP contribution in [0, 0.1) is 5.41 Å². The van der Waals surface area contributed by atoms with Gasteiger partial charge in [-0.05, 0) is 55.9 Å². The van der Waals surface area contributed by atoms with E-state index in [0.717, 1.165) is 5.69 Å². The molecule has 0 heterocycles. The van der Waals surface area contributed by atoms with Crippen LogP contribution in [0.5, 0.6) is 0 Å². The highest BCUT2D eigenvalue weighted by molar-refractivity contribution is 7.92. The lowest BCUT2D eigenvalue weighted by atomic mass is 9.75. The van der Waals surface area contributed by atoms with Crippen LogP contribution in [-0.4, -0.2) is 20.2 Å². The van der Waals surface area contributed by atoms with Gasteiger partial charge < -0.3 is 5.32 Å². The normalized spacial score (nSPS) is 21.8. The summed E-state index contributed by atoms with van der Waals surface area (Å²) in [6.45, 7) is 6.27. The maximum absolute atomic E-state index is 11.5. The molecule has 0 aromatic heterocycles. The third-order valence-corrected chi connectivity index (χ3v) is 5.42. The zero-order valence-corrected chi connectivity index (χ0v) is 14.0. The van der Waals surface area contributed by atoms with Crippen molar-refractivity contribution in [2.45, 2.75) is 52.5 Å². The number of hydrogen-bond acceptors (Lipinski definition) is 3. The number of hydrogen-bond donors (Lipinski definition) is 2. The Balaban J connectivity index is 1.96. The van der Waals surface area contributed by atoms with Crippen LogP contribution in [0.2, 0.25) is 0 Å². The average Bonchev–Trinajstić information content (AvgIpc) is 2.40. The Bertz CT molecular complexity index is 564. The van der Waals surface area contributed by atoms with Crippen molar-refractivity contribution in [3.05, 3.63) is 24.3 Å². The first-order valence-corrected chi connectivity index (χ1v) is 9.32. The molecule has 0 amide bonds. The lowest BCUT2D eigenvalue weighted by Crippen LogP contribution is -2.31. The maximum atomic E-state index is 11.5. The Kier molecular flexibility index (Phi) is 4.81. The van der Waals surface area contributed by atoms with E-state index in [1.165, 1.54) is 25.7 Å². The number of benzene rings is 1. The molecule has 0 radical (unpaired) electrons. The van der Waals surface area contributed by atoms with Crippen LogP contribution in [0.25, 0.3) is 0 Å². The number of sulfonamides is 1. The van der Waals surface area contributed by atoms with Gasteiger partial charge in [0, 0.05) is 17.4 Å². The summed E-state index contributed by atoms with van der Waals surface area (Å²) >= 11 is 0. The molecule has 0 spiro atoms. The summed E-state index contributed by atoms with van der Waals surface area (Å²) < 4.78 is 25.6. The summed E-state index contributed by atoms with van der Waals surface area (Å²) in [5, 5.41) is 3.56. The van der Waals surface area contributed by atoms with Gasteiger partial charge in [0.15, 0.2) is 0 Å². The quantitative estimate of drug-likeness (QED) is 0.869. The zero-order valence-electron chi connectivity index (χ0n) is 13.1. The molecule has 0 saturated heterocycles. The molecule has 21 heavy (non-hydrogen) atoms. The SMILES string of the molecule is CCS(=O)(=O)Nc1ccc(NC2CCCC(C)(C)C2)cc1. The number of rotatable bonds is 5. The van der Waals surface area contributed by atoms with E-state index in [1.54, 1.807) is 6.92 Å². The molecule has 118 valence electrons. The largest absolute Gasteiger partial charge is 0.382 e. The highest BCUT2D eigenvalue weighted by atomic mass is 32.2. The molecule has 0 bridgehead atoms. The Morgan fingerprint density at radius 1 is 1.19 bits per heavy atom. The second-order valence-electron chi connectivity index (χ2n) is 6.68. The zero-order chi connectivity index (χ0) is 15.5. The average molecular weight is 310 g/mol. The molecule has 1 saturated carbocycles. The van der Waals surface area contributed by atoms with Crippen molar-refractivity contribution in [1.82, 2.24) is 0 Å². The Hall–Kier alpha value is -1.23. The van der Waals surface area contributed by atoms with E-state index in [4.69, 9.17) is 0 Å². The molecule has 1 aliphatic rings. The van der Waals surface area contributed by atoms with Gasteiger partial charge in [0.05, 0.1) is 5.75 Å². The highest BCUT2D eigenvalue weighted by Gasteiger charge is 2.27. The topological polar surface area (TPSA) is 58.2 Å². The molecule has 1 atom stereocenters. The van der Waals surface area contributed by atoms with Crippen LogP contribution in [-0.2, 0) is 10.0 Å². The van der Waals surface area contributed by atoms with Gasteiger partial charge in [-0.25, -0.2) is 8.42 Å². The molecule has 5 heteroatoms. The van der Waals surface area contributed by atoms with Crippen LogP contribution in [0.4, 0.5) is 11.4 Å². The standard InChI is InChI=1S/C16H26N2O2S/c1-4-21(19,20)18-14-9-7-13(8-10-14)17-15-6-5-11-16(2,3)12-15/h7-10,15,17-18H,4-6,11-12H2,1-3H3. The molecular formula is C16H26N2O2S. The maximum Gasteiger partial charge on any atom is 0.232 e. The molecular weight excluding hydrogens is 284 g/mol.